The predicted molar refractivity (Wildman–Crippen MR) is 62.2 cm³/mol. The van der Waals surface area contributed by atoms with Crippen molar-refractivity contribution in [1.82, 2.24) is 5.32 Å². The van der Waals surface area contributed by atoms with Gasteiger partial charge in [0.25, 0.3) is 0 Å². The van der Waals surface area contributed by atoms with E-state index in [2.05, 4.69) is 16.5 Å². The fraction of sp³-hybridized carbons (Fsp3) is 0.111. The van der Waals surface area contributed by atoms with Crippen LogP contribution in [-0.4, -0.2) is 23.2 Å². The van der Waals surface area contributed by atoms with Crippen molar-refractivity contribution in [3.05, 3.63) is 24.3 Å². The topological polar surface area (TPSA) is 84.2 Å². The zero-order valence-corrected chi connectivity index (χ0v) is 9.14. The summed E-state index contributed by atoms with van der Waals surface area (Å²) in [6, 6.07) is 6.18. The van der Waals surface area contributed by atoms with Crippen molar-refractivity contribution < 1.29 is 9.00 Å². The lowest BCUT2D eigenvalue weighted by molar-refractivity contribution is 0.254. The van der Waals surface area contributed by atoms with Crippen molar-refractivity contribution in [3.8, 4) is 0 Å². The van der Waals surface area contributed by atoms with Crippen LogP contribution in [0.4, 0.5) is 10.5 Å². The monoisotopic (exact) mass is 227 g/mol. The molecule has 0 heterocycles. The van der Waals surface area contributed by atoms with Crippen molar-refractivity contribution in [3.63, 3.8) is 0 Å². The Labute approximate surface area is 88.8 Å². The SMILES string of the molecule is C=S(N)(=O)c1ccccc1NC(=O)NC. The molecule has 1 unspecified atom stereocenters. The van der Waals surface area contributed by atoms with Gasteiger partial charge in [0.1, 0.15) is 0 Å². The summed E-state index contributed by atoms with van der Waals surface area (Å²) in [5.74, 6) is 3.37. The second kappa shape index (κ2) is 4.33. The minimum atomic E-state index is -2.83. The molecule has 0 aliphatic heterocycles. The maximum Gasteiger partial charge on any atom is 0.319 e. The van der Waals surface area contributed by atoms with Gasteiger partial charge in [-0.2, -0.15) is 0 Å². The van der Waals surface area contributed by atoms with Gasteiger partial charge in [-0.3, -0.25) is 5.14 Å². The number of urea groups is 1. The average Bonchev–Trinajstić information content (AvgIpc) is 2.17. The second-order valence-electron chi connectivity index (χ2n) is 2.93. The second-order valence-corrected chi connectivity index (χ2v) is 4.82. The van der Waals surface area contributed by atoms with Crippen LogP contribution in [0.25, 0.3) is 0 Å². The molecule has 0 aromatic heterocycles. The Kier molecular flexibility index (Phi) is 3.33. The van der Waals surface area contributed by atoms with Crippen LogP contribution in [0.1, 0.15) is 0 Å². The van der Waals surface area contributed by atoms with E-state index in [4.69, 9.17) is 5.14 Å². The molecule has 0 saturated heterocycles. The van der Waals surface area contributed by atoms with Crippen molar-refractivity contribution in [2.24, 2.45) is 5.14 Å². The molecule has 0 radical (unpaired) electrons. The maximum atomic E-state index is 11.6. The molecule has 0 saturated carbocycles. The number of hydrogen-bond acceptors (Lipinski definition) is 2. The van der Waals surface area contributed by atoms with Crippen molar-refractivity contribution in [1.29, 1.82) is 0 Å². The van der Waals surface area contributed by atoms with Gasteiger partial charge in [0.15, 0.2) is 0 Å². The minimum absolute atomic E-state index is 0.327. The van der Waals surface area contributed by atoms with Crippen molar-refractivity contribution in [2.75, 3.05) is 12.4 Å². The summed E-state index contributed by atoms with van der Waals surface area (Å²) in [6.45, 7) is 0. The molecule has 0 bridgehead atoms. The van der Waals surface area contributed by atoms with Gasteiger partial charge >= 0.3 is 6.03 Å². The van der Waals surface area contributed by atoms with Crippen LogP contribution < -0.4 is 15.8 Å². The average molecular weight is 227 g/mol. The zero-order valence-electron chi connectivity index (χ0n) is 8.32. The molecule has 0 fully saturated rings. The molecule has 82 valence electrons. The summed E-state index contributed by atoms with van der Waals surface area (Å²) in [7, 11) is -1.34. The summed E-state index contributed by atoms with van der Waals surface area (Å²) in [5, 5.41) is 10.3. The van der Waals surface area contributed by atoms with E-state index in [0.717, 1.165) is 0 Å². The molecule has 6 heteroatoms. The maximum absolute atomic E-state index is 11.6. The van der Waals surface area contributed by atoms with E-state index in [1.54, 1.807) is 24.3 Å². The van der Waals surface area contributed by atoms with E-state index in [1.807, 2.05) is 0 Å². The molecule has 1 aromatic carbocycles. The van der Waals surface area contributed by atoms with Gasteiger partial charge in [0, 0.05) is 7.05 Å². The highest BCUT2D eigenvalue weighted by Crippen LogP contribution is 2.18. The molecule has 1 rings (SSSR count). The molecule has 1 atom stereocenters. The Morgan fingerprint density at radius 2 is 2.07 bits per heavy atom. The fourth-order valence-electron chi connectivity index (χ4n) is 1.06. The highest BCUT2D eigenvalue weighted by molar-refractivity contribution is 7.98. The third-order valence-electron chi connectivity index (χ3n) is 1.73. The van der Waals surface area contributed by atoms with E-state index in [-0.39, 0.29) is 0 Å². The van der Waals surface area contributed by atoms with Gasteiger partial charge in [-0.15, -0.1) is 0 Å². The Morgan fingerprint density at radius 1 is 1.47 bits per heavy atom. The lowest BCUT2D eigenvalue weighted by Crippen LogP contribution is -2.26. The Hall–Kier alpha value is -1.53. The van der Waals surface area contributed by atoms with E-state index >= 15 is 0 Å². The number of hydrogen-bond donors (Lipinski definition) is 3. The standard InChI is InChI=1S/C9H13N3O2S/c1-11-9(13)12-7-5-3-4-6-8(7)15(2,10)14/h3-6H,2H2,1H3,(H2,10,14)(H2,11,12,13). The molecule has 0 aliphatic rings. The third-order valence-corrected chi connectivity index (χ3v) is 2.84. The van der Waals surface area contributed by atoms with Gasteiger partial charge in [-0.05, 0) is 18.0 Å². The van der Waals surface area contributed by atoms with Crippen LogP contribution in [0.2, 0.25) is 0 Å². The summed E-state index contributed by atoms with van der Waals surface area (Å²) in [5.41, 5.74) is 0.402. The zero-order chi connectivity index (χ0) is 11.5. The first-order chi connectivity index (χ1) is 6.95. The van der Waals surface area contributed by atoms with E-state index in [0.29, 0.717) is 10.6 Å². The molecule has 5 nitrogen and oxygen atoms in total. The third kappa shape index (κ3) is 2.97. The lowest BCUT2D eigenvalue weighted by atomic mass is 10.3. The number of carbonyl (C=O) groups excluding carboxylic acids is 1. The number of para-hydroxylation sites is 1. The van der Waals surface area contributed by atoms with Crippen LogP contribution in [0, 0.1) is 0 Å². The Balaban J connectivity index is 3.13. The normalized spacial score (nSPS) is 14.0. The largest absolute Gasteiger partial charge is 0.341 e. The van der Waals surface area contributed by atoms with E-state index in [1.165, 1.54) is 7.05 Å². The Bertz CT molecular complexity index is 468. The molecule has 2 amide bonds. The van der Waals surface area contributed by atoms with Gasteiger partial charge in [-0.25, -0.2) is 9.00 Å². The number of benzene rings is 1. The van der Waals surface area contributed by atoms with E-state index in [9.17, 15) is 9.00 Å². The number of nitrogens with one attached hydrogen (secondary N) is 2. The van der Waals surface area contributed by atoms with Crippen LogP contribution >= 0.6 is 0 Å². The van der Waals surface area contributed by atoms with Crippen LogP contribution in [0.3, 0.4) is 0 Å². The summed E-state index contributed by atoms with van der Waals surface area (Å²) < 4.78 is 11.6. The van der Waals surface area contributed by atoms with Gasteiger partial charge < -0.3 is 10.6 Å². The van der Waals surface area contributed by atoms with Crippen LogP contribution in [0.5, 0.6) is 0 Å². The minimum Gasteiger partial charge on any atom is -0.341 e. The quantitative estimate of drug-likeness (QED) is 0.638. The highest BCUT2D eigenvalue weighted by atomic mass is 32.2. The first-order valence-corrected chi connectivity index (χ1v) is 5.97. The molecule has 0 spiro atoms. The summed E-state index contributed by atoms with van der Waals surface area (Å²) in [4.78, 5) is 11.4. The lowest BCUT2D eigenvalue weighted by Gasteiger charge is -2.10. The first-order valence-electron chi connectivity index (χ1n) is 4.18. The summed E-state index contributed by atoms with van der Waals surface area (Å²) in [6.07, 6.45) is 0. The van der Waals surface area contributed by atoms with Crippen molar-refractivity contribution in [2.45, 2.75) is 4.90 Å². The molecular weight excluding hydrogens is 214 g/mol. The predicted octanol–water partition coefficient (Wildman–Crippen LogP) is 0.387. The number of carbonyl (C=O) groups is 1. The van der Waals surface area contributed by atoms with Gasteiger partial charge in [-0.1, -0.05) is 12.1 Å². The Morgan fingerprint density at radius 3 is 2.60 bits per heavy atom. The molecule has 15 heavy (non-hydrogen) atoms. The highest BCUT2D eigenvalue weighted by Gasteiger charge is 2.09. The van der Waals surface area contributed by atoms with Crippen LogP contribution in [0.15, 0.2) is 29.2 Å². The molecule has 0 aliphatic carbocycles. The van der Waals surface area contributed by atoms with Crippen molar-refractivity contribution >= 4 is 27.3 Å². The number of rotatable bonds is 2. The number of amides is 2. The molecular formula is C9H13N3O2S. The van der Waals surface area contributed by atoms with Crippen LogP contribution in [-0.2, 0) is 9.71 Å². The number of anilines is 1. The number of nitrogens with two attached hydrogens (primary N) is 1. The van der Waals surface area contributed by atoms with Gasteiger partial charge in [0.05, 0.1) is 20.3 Å². The molecule has 4 N–H and O–H groups in total. The van der Waals surface area contributed by atoms with Gasteiger partial charge in [0.2, 0.25) is 0 Å². The first kappa shape index (κ1) is 11.5. The van der Waals surface area contributed by atoms with E-state index < -0.39 is 15.7 Å². The fourth-order valence-corrected chi connectivity index (χ4v) is 1.86. The molecule has 1 aromatic rings. The summed E-state index contributed by atoms with van der Waals surface area (Å²) >= 11 is 0. The smallest absolute Gasteiger partial charge is 0.319 e.